The van der Waals surface area contributed by atoms with Gasteiger partial charge in [0.05, 0.1) is 17.7 Å². The van der Waals surface area contributed by atoms with Crippen molar-refractivity contribution in [3.63, 3.8) is 0 Å². The molecular weight excluding hydrogens is 390 g/mol. The van der Waals surface area contributed by atoms with Gasteiger partial charge in [0, 0.05) is 13.1 Å². The summed E-state index contributed by atoms with van der Waals surface area (Å²) in [6.45, 7) is 3.93. The number of benzene rings is 1. The second-order valence-electron chi connectivity index (χ2n) is 6.55. The summed E-state index contributed by atoms with van der Waals surface area (Å²) >= 11 is 1.35. The van der Waals surface area contributed by atoms with E-state index < -0.39 is 0 Å². The van der Waals surface area contributed by atoms with E-state index in [1.807, 2.05) is 23.3 Å². The Hall–Kier alpha value is -2.87. The molecule has 1 N–H and O–H groups in total. The second kappa shape index (κ2) is 10.6. The van der Waals surface area contributed by atoms with Crippen LogP contribution in [0.4, 0.5) is 0 Å². The highest BCUT2D eigenvalue weighted by Crippen LogP contribution is 2.28. The van der Waals surface area contributed by atoms with Crippen LogP contribution in [0, 0.1) is 0 Å². The molecular formula is C21H25N3O4S. The number of amides is 2. The minimum atomic E-state index is -0.252. The van der Waals surface area contributed by atoms with Crippen LogP contribution in [0.1, 0.15) is 41.4 Å². The molecule has 1 aromatic heterocycles. The van der Waals surface area contributed by atoms with Crippen LogP contribution in [-0.4, -0.2) is 49.2 Å². The second-order valence-corrected chi connectivity index (χ2v) is 7.49. The van der Waals surface area contributed by atoms with Crippen molar-refractivity contribution in [1.82, 2.24) is 10.3 Å². The number of hydrogen-bond acceptors (Lipinski definition) is 6. The van der Waals surface area contributed by atoms with Crippen molar-refractivity contribution in [1.29, 1.82) is 0 Å². The molecule has 0 spiro atoms. The van der Waals surface area contributed by atoms with E-state index in [1.54, 1.807) is 24.3 Å². The summed E-state index contributed by atoms with van der Waals surface area (Å²) in [6, 6.07) is 8.86. The van der Waals surface area contributed by atoms with E-state index in [0.717, 1.165) is 31.5 Å². The summed E-state index contributed by atoms with van der Waals surface area (Å²) in [5, 5.41) is 5.82. The molecule has 1 fully saturated rings. The lowest BCUT2D eigenvalue weighted by Crippen LogP contribution is -2.38. The fraction of sp³-hybridized carbons (Fsp3) is 0.381. The quantitative estimate of drug-likeness (QED) is 0.530. The predicted octanol–water partition coefficient (Wildman–Crippen LogP) is 3.30. The summed E-state index contributed by atoms with van der Waals surface area (Å²) < 4.78 is 11.4. The van der Waals surface area contributed by atoms with Crippen molar-refractivity contribution in [2.45, 2.75) is 26.2 Å². The van der Waals surface area contributed by atoms with Crippen molar-refractivity contribution < 1.29 is 19.1 Å². The van der Waals surface area contributed by atoms with Gasteiger partial charge in [-0.1, -0.05) is 6.07 Å². The summed E-state index contributed by atoms with van der Waals surface area (Å²) in [4.78, 5) is 26.7. The van der Waals surface area contributed by atoms with E-state index in [4.69, 9.17) is 9.47 Å². The van der Waals surface area contributed by atoms with Gasteiger partial charge in [-0.15, -0.1) is 11.3 Å². The fourth-order valence-corrected chi connectivity index (χ4v) is 3.61. The monoisotopic (exact) mass is 415 g/mol. The smallest absolute Gasteiger partial charge is 0.281 e. The third-order valence-electron chi connectivity index (χ3n) is 4.45. The van der Waals surface area contributed by atoms with Gasteiger partial charge in [-0.3, -0.25) is 9.59 Å². The number of thiophene rings is 1. The molecule has 7 nitrogen and oxygen atoms in total. The standard InChI is InChI=1S/C21H25N3O4S/c1-2-27-18-13-16(14-22-23-21(26)19-7-6-12-29-19)8-9-17(18)28-15-20(25)24-10-4-3-5-11-24/h6-9,12-14H,2-5,10-11,15H2,1H3,(H,23,26)/b22-14+. The highest BCUT2D eigenvalue weighted by atomic mass is 32.1. The largest absolute Gasteiger partial charge is 0.490 e. The highest BCUT2D eigenvalue weighted by Gasteiger charge is 2.17. The summed E-state index contributed by atoms with van der Waals surface area (Å²) in [6.07, 6.45) is 4.81. The lowest BCUT2D eigenvalue weighted by Gasteiger charge is -2.26. The number of ether oxygens (including phenoxy) is 2. The van der Waals surface area contributed by atoms with Crippen molar-refractivity contribution in [2.75, 3.05) is 26.3 Å². The molecule has 29 heavy (non-hydrogen) atoms. The first-order chi connectivity index (χ1) is 14.2. The highest BCUT2D eigenvalue weighted by molar-refractivity contribution is 7.12. The molecule has 0 radical (unpaired) electrons. The maximum atomic E-state index is 12.3. The van der Waals surface area contributed by atoms with Gasteiger partial charge in [0.25, 0.3) is 11.8 Å². The molecule has 2 heterocycles. The number of hydrazone groups is 1. The number of nitrogens with zero attached hydrogens (tertiary/aromatic N) is 2. The van der Waals surface area contributed by atoms with Crippen molar-refractivity contribution in [3.05, 3.63) is 46.2 Å². The minimum Gasteiger partial charge on any atom is -0.490 e. The van der Waals surface area contributed by atoms with Crippen LogP contribution in [-0.2, 0) is 4.79 Å². The summed E-state index contributed by atoms with van der Waals surface area (Å²) in [5.74, 6) is 0.788. The van der Waals surface area contributed by atoms with Gasteiger partial charge in [0.2, 0.25) is 0 Å². The van der Waals surface area contributed by atoms with E-state index in [2.05, 4.69) is 10.5 Å². The van der Waals surface area contributed by atoms with Crippen LogP contribution in [0.25, 0.3) is 0 Å². The van der Waals surface area contributed by atoms with Gasteiger partial charge in [0.1, 0.15) is 0 Å². The van der Waals surface area contributed by atoms with Crippen molar-refractivity contribution >= 4 is 29.4 Å². The molecule has 2 aromatic rings. The Morgan fingerprint density at radius 2 is 2.00 bits per heavy atom. The molecule has 0 saturated carbocycles. The molecule has 1 aromatic carbocycles. The van der Waals surface area contributed by atoms with Crippen LogP contribution in [0.15, 0.2) is 40.8 Å². The van der Waals surface area contributed by atoms with Gasteiger partial charge in [-0.05, 0) is 61.4 Å². The number of piperidine rings is 1. The van der Waals surface area contributed by atoms with Crippen LogP contribution in [0.2, 0.25) is 0 Å². The van der Waals surface area contributed by atoms with Crippen LogP contribution in [0.5, 0.6) is 11.5 Å². The van der Waals surface area contributed by atoms with Gasteiger partial charge in [-0.2, -0.15) is 5.10 Å². The fourth-order valence-electron chi connectivity index (χ4n) is 2.99. The topological polar surface area (TPSA) is 80.2 Å². The number of rotatable bonds is 8. The van der Waals surface area contributed by atoms with E-state index in [1.165, 1.54) is 24.0 Å². The summed E-state index contributed by atoms with van der Waals surface area (Å²) in [5.41, 5.74) is 3.24. The Bertz CT molecular complexity index is 846. The molecule has 154 valence electrons. The maximum absolute atomic E-state index is 12.3. The van der Waals surface area contributed by atoms with Gasteiger partial charge in [0.15, 0.2) is 18.1 Å². The molecule has 0 atom stereocenters. The molecule has 0 aliphatic carbocycles. The van der Waals surface area contributed by atoms with E-state index >= 15 is 0 Å². The number of likely N-dealkylation sites (tertiary alicyclic amines) is 1. The third-order valence-corrected chi connectivity index (χ3v) is 5.32. The average molecular weight is 416 g/mol. The van der Waals surface area contributed by atoms with E-state index in [0.29, 0.717) is 23.0 Å². The molecule has 1 saturated heterocycles. The molecule has 0 unspecified atom stereocenters. The number of hydrogen-bond donors (Lipinski definition) is 1. The molecule has 8 heteroatoms. The SMILES string of the molecule is CCOc1cc(/C=N/NC(=O)c2cccs2)ccc1OCC(=O)N1CCCCC1. The predicted molar refractivity (Wildman–Crippen MR) is 113 cm³/mol. The van der Waals surface area contributed by atoms with Crippen LogP contribution >= 0.6 is 11.3 Å². The van der Waals surface area contributed by atoms with Crippen molar-refractivity contribution in [2.24, 2.45) is 5.10 Å². The van der Waals surface area contributed by atoms with E-state index in [-0.39, 0.29) is 18.4 Å². The van der Waals surface area contributed by atoms with Crippen LogP contribution in [0.3, 0.4) is 0 Å². The lowest BCUT2D eigenvalue weighted by molar-refractivity contribution is -0.134. The number of nitrogens with one attached hydrogen (secondary N) is 1. The molecule has 0 bridgehead atoms. The zero-order chi connectivity index (χ0) is 20.5. The molecule has 1 aliphatic heterocycles. The number of carbonyl (C=O) groups excluding carboxylic acids is 2. The first-order valence-corrected chi connectivity index (χ1v) is 10.6. The Balaban J connectivity index is 1.59. The van der Waals surface area contributed by atoms with Gasteiger partial charge >= 0.3 is 0 Å². The van der Waals surface area contributed by atoms with Gasteiger partial charge in [-0.25, -0.2) is 5.43 Å². The minimum absolute atomic E-state index is 0.00548. The Labute approximate surface area is 174 Å². The molecule has 1 aliphatic rings. The maximum Gasteiger partial charge on any atom is 0.281 e. The zero-order valence-electron chi connectivity index (χ0n) is 16.4. The Morgan fingerprint density at radius 1 is 1.17 bits per heavy atom. The van der Waals surface area contributed by atoms with Crippen LogP contribution < -0.4 is 14.9 Å². The Kier molecular flexibility index (Phi) is 7.63. The normalized spacial score (nSPS) is 14.0. The molecule has 3 rings (SSSR count). The zero-order valence-corrected chi connectivity index (χ0v) is 17.2. The molecule has 2 amide bonds. The van der Waals surface area contributed by atoms with Gasteiger partial charge < -0.3 is 14.4 Å². The van der Waals surface area contributed by atoms with Crippen molar-refractivity contribution in [3.8, 4) is 11.5 Å². The number of carbonyl (C=O) groups is 2. The lowest BCUT2D eigenvalue weighted by atomic mass is 10.1. The first kappa shape index (κ1) is 20.9. The Morgan fingerprint density at radius 3 is 2.72 bits per heavy atom. The third kappa shape index (κ3) is 6.05. The average Bonchev–Trinajstić information content (AvgIpc) is 3.29. The summed E-state index contributed by atoms with van der Waals surface area (Å²) in [7, 11) is 0. The van der Waals surface area contributed by atoms with E-state index in [9.17, 15) is 9.59 Å². The first-order valence-electron chi connectivity index (χ1n) is 9.71.